The Morgan fingerprint density at radius 2 is 1.87 bits per heavy atom. The molecule has 152 valence electrons. The van der Waals surface area contributed by atoms with E-state index in [0.717, 1.165) is 17.0 Å². The molecule has 0 radical (unpaired) electrons. The van der Waals surface area contributed by atoms with Crippen molar-refractivity contribution in [2.45, 2.75) is 26.4 Å². The Bertz CT molecular complexity index is 1110. The smallest absolute Gasteiger partial charge is 0.292 e. The first-order chi connectivity index (χ1) is 14.6. The predicted molar refractivity (Wildman–Crippen MR) is 113 cm³/mol. The fourth-order valence-corrected chi connectivity index (χ4v) is 2.92. The summed E-state index contributed by atoms with van der Waals surface area (Å²) >= 11 is 0. The summed E-state index contributed by atoms with van der Waals surface area (Å²) in [5, 5.41) is 9.73. The van der Waals surface area contributed by atoms with E-state index in [1.807, 2.05) is 36.4 Å². The lowest BCUT2D eigenvalue weighted by atomic mass is 10.0. The molecule has 2 N–H and O–H groups in total. The van der Waals surface area contributed by atoms with Gasteiger partial charge in [0.05, 0.1) is 5.69 Å². The minimum absolute atomic E-state index is 0.192. The lowest BCUT2D eigenvalue weighted by Crippen LogP contribution is -2.11. The third-order valence-electron chi connectivity index (χ3n) is 4.62. The lowest BCUT2D eigenvalue weighted by Gasteiger charge is -2.07. The fourth-order valence-electron chi connectivity index (χ4n) is 2.92. The first-order valence-corrected chi connectivity index (χ1v) is 9.67. The monoisotopic (exact) mass is 402 g/mol. The van der Waals surface area contributed by atoms with E-state index in [-0.39, 0.29) is 18.3 Å². The van der Waals surface area contributed by atoms with Gasteiger partial charge in [0.15, 0.2) is 11.6 Å². The van der Waals surface area contributed by atoms with Gasteiger partial charge in [0.2, 0.25) is 0 Å². The molecule has 0 aliphatic heterocycles. The highest BCUT2D eigenvalue weighted by Crippen LogP contribution is 2.21. The number of ether oxygens (including phenoxy) is 1. The van der Waals surface area contributed by atoms with E-state index in [4.69, 9.17) is 9.15 Å². The van der Waals surface area contributed by atoms with Crippen molar-refractivity contribution < 1.29 is 13.9 Å². The van der Waals surface area contributed by atoms with Crippen LogP contribution in [0, 0.1) is 0 Å². The van der Waals surface area contributed by atoms with Gasteiger partial charge < -0.3 is 14.5 Å². The molecule has 0 aliphatic carbocycles. The van der Waals surface area contributed by atoms with Gasteiger partial charge in [0, 0.05) is 24.0 Å². The van der Waals surface area contributed by atoms with Crippen molar-refractivity contribution in [1.82, 2.24) is 15.2 Å². The fraction of sp³-hybridized carbons (Fsp3) is 0.174. The Kier molecular flexibility index (Phi) is 5.61. The first kappa shape index (κ1) is 19.4. The average Bonchev–Trinajstić information content (AvgIpc) is 3.43. The molecule has 4 aromatic rings. The summed E-state index contributed by atoms with van der Waals surface area (Å²) in [6.07, 6.45) is 3.39. The van der Waals surface area contributed by atoms with Crippen LogP contribution in [0.15, 0.2) is 71.4 Å². The molecular weight excluding hydrogens is 380 g/mol. The molecule has 3 aromatic heterocycles. The summed E-state index contributed by atoms with van der Waals surface area (Å²) in [6, 6.07) is 16.8. The predicted octanol–water partition coefficient (Wildman–Crippen LogP) is 5.02. The molecule has 0 unspecified atom stereocenters. The minimum atomic E-state index is -0.379. The van der Waals surface area contributed by atoms with Crippen LogP contribution in [-0.2, 0) is 6.61 Å². The third-order valence-corrected chi connectivity index (χ3v) is 4.62. The normalized spacial score (nSPS) is 10.9. The van der Waals surface area contributed by atoms with Gasteiger partial charge in [-0.2, -0.15) is 5.10 Å². The third kappa shape index (κ3) is 4.57. The van der Waals surface area contributed by atoms with Crippen molar-refractivity contribution in [3.05, 3.63) is 84.1 Å². The van der Waals surface area contributed by atoms with E-state index in [0.29, 0.717) is 17.5 Å². The van der Waals surface area contributed by atoms with Crippen LogP contribution in [0.2, 0.25) is 0 Å². The van der Waals surface area contributed by atoms with Gasteiger partial charge in [-0.1, -0.05) is 26.0 Å². The molecule has 1 aromatic carbocycles. The molecule has 0 saturated carbocycles. The number of furan rings is 1. The quantitative estimate of drug-likeness (QED) is 0.453. The molecule has 0 bridgehead atoms. The van der Waals surface area contributed by atoms with Gasteiger partial charge in [-0.3, -0.25) is 14.9 Å². The summed E-state index contributed by atoms with van der Waals surface area (Å²) in [6.45, 7) is 4.53. The van der Waals surface area contributed by atoms with E-state index in [1.54, 1.807) is 30.6 Å². The highest BCUT2D eigenvalue weighted by molar-refractivity contribution is 6.01. The number of nitrogens with one attached hydrogen (secondary N) is 2. The topological polar surface area (TPSA) is 93.0 Å². The van der Waals surface area contributed by atoms with Crippen molar-refractivity contribution in [3.8, 4) is 17.0 Å². The number of hydrogen-bond donors (Lipinski definition) is 2. The zero-order valence-electron chi connectivity index (χ0n) is 16.8. The maximum absolute atomic E-state index is 12.4. The number of aromatic nitrogens is 3. The molecule has 1 amide bonds. The van der Waals surface area contributed by atoms with Gasteiger partial charge in [-0.25, -0.2) is 0 Å². The summed E-state index contributed by atoms with van der Waals surface area (Å²) in [5.41, 5.74) is 2.96. The molecule has 0 fully saturated rings. The van der Waals surface area contributed by atoms with Crippen LogP contribution in [0.3, 0.4) is 0 Å². The van der Waals surface area contributed by atoms with Gasteiger partial charge in [0.25, 0.3) is 5.91 Å². The standard InChI is InChI=1S/C23H22N4O3/c1-15(2)16-3-5-18(6-4-16)29-14-19-7-8-21(30-19)23(28)25-22-13-20(26-27-22)17-9-11-24-12-10-17/h3-13,15H,14H2,1-2H3,(H2,25,26,27,28). The van der Waals surface area contributed by atoms with E-state index in [2.05, 4.69) is 34.3 Å². The first-order valence-electron chi connectivity index (χ1n) is 9.67. The second-order valence-corrected chi connectivity index (χ2v) is 7.14. The number of carbonyl (C=O) groups is 1. The molecule has 0 aliphatic rings. The highest BCUT2D eigenvalue weighted by atomic mass is 16.5. The van der Waals surface area contributed by atoms with Crippen LogP contribution in [0.1, 0.15) is 41.6 Å². The van der Waals surface area contributed by atoms with E-state index < -0.39 is 0 Å². The lowest BCUT2D eigenvalue weighted by molar-refractivity contribution is 0.0992. The summed E-state index contributed by atoms with van der Waals surface area (Å²) in [4.78, 5) is 16.4. The van der Waals surface area contributed by atoms with Crippen molar-refractivity contribution in [2.75, 3.05) is 5.32 Å². The second-order valence-electron chi connectivity index (χ2n) is 7.14. The Labute approximate surface area is 174 Å². The zero-order valence-corrected chi connectivity index (χ0v) is 16.8. The van der Waals surface area contributed by atoms with E-state index in [9.17, 15) is 4.79 Å². The zero-order chi connectivity index (χ0) is 20.9. The number of H-pyrrole nitrogens is 1. The van der Waals surface area contributed by atoms with Crippen molar-refractivity contribution in [1.29, 1.82) is 0 Å². The van der Waals surface area contributed by atoms with Gasteiger partial charge in [-0.05, 0) is 47.9 Å². The summed E-state index contributed by atoms with van der Waals surface area (Å²) < 4.78 is 11.4. The van der Waals surface area contributed by atoms with Crippen LogP contribution in [0.25, 0.3) is 11.3 Å². The largest absolute Gasteiger partial charge is 0.486 e. The molecular formula is C23H22N4O3. The average molecular weight is 402 g/mol. The maximum atomic E-state index is 12.4. The van der Waals surface area contributed by atoms with Gasteiger partial charge >= 0.3 is 0 Å². The van der Waals surface area contributed by atoms with Crippen molar-refractivity contribution in [2.24, 2.45) is 0 Å². The maximum Gasteiger partial charge on any atom is 0.292 e. The molecule has 0 atom stereocenters. The van der Waals surface area contributed by atoms with Crippen LogP contribution in [0.5, 0.6) is 5.75 Å². The van der Waals surface area contributed by atoms with Crippen LogP contribution < -0.4 is 10.1 Å². The molecule has 3 heterocycles. The number of benzene rings is 1. The molecule has 0 spiro atoms. The van der Waals surface area contributed by atoms with E-state index >= 15 is 0 Å². The van der Waals surface area contributed by atoms with Crippen molar-refractivity contribution in [3.63, 3.8) is 0 Å². The van der Waals surface area contributed by atoms with Crippen molar-refractivity contribution >= 4 is 11.7 Å². The molecule has 7 nitrogen and oxygen atoms in total. The van der Waals surface area contributed by atoms with Crippen LogP contribution >= 0.6 is 0 Å². The summed E-state index contributed by atoms with van der Waals surface area (Å²) in [5.74, 6) is 2.01. The highest BCUT2D eigenvalue weighted by Gasteiger charge is 2.14. The molecule has 0 saturated heterocycles. The van der Waals surface area contributed by atoms with E-state index in [1.165, 1.54) is 5.56 Å². The second kappa shape index (κ2) is 8.65. The number of hydrogen-bond acceptors (Lipinski definition) is 5. The Hall–Kier alpha value is -3.87. The molecule has 7 heteroatoms. The number of aromatic amines is 1. The Balaban J connectivity index is 1.34. The number of pyridine rings is 1. The van der Waals surface area contributed by atoms with Crippen LogP contribution in [0.4, 0.5) is 5.82 Å². The number of rotatable bonds is 7. The van der Waals surface area contributed by atoms with Gasteiger partial charge in [-0.15, -0.1) is 0 Å². The van der Waals surface area contributed by atoms with Crippen LogP contribution in [-0.4, -0.2) is 21.1 Å². The molecule has 4 rings (SSSR count). The van der Waals surface area contributed by atoms with Gasteiger partial charge in [0.1, 0.15) is 18.1 Å². The Morgan fingerprint density at radius 1 is 1.10 bits per heavy atom. The summed E-state index contributed by atoms with van der Waals surface area (Å²) in [7, 11) is 0. The number of carbonyl (C=O) groups excluding carboxylic acids is 1. The SMILES string of the molecule is CC(C)c1ccc(OCc2ccc(C(=O)Nc3cc(-c4ccncc4)[nH]n3)o2)cc1. The number of nitrogens with zero attached hydrogens (tertiary/aromatic N) is 2. The minimum Gasteiger partial charge on any atom is -0.486 e. The Morgan fingerprint density at radius 3 is 2.60 bits per heavy atom. The number of anilines is 1. The number of amides is 1. The molecule has 30 heavy (non-hydrogen) atoms.